The van der Waals surface area contributed by atoms with Gasteiger partial charge in [0.25, 0.3) is 0 Å². The molecule has 0 aliphatic heterocycles. The van der Waals surface area contributed by atoms with Crippen molar-refractivity contribution in [1.82, 2.24) is 10.2 Å². The zero-order valence-corrected chi connectivity index (χ0v) is 10.5. The SMILES string of the molecule is Cc1ccc(CCc2nnc(/C=C/C(=O)O)o2)cc1. The van der Waals surface area contributed by atoms with Gasteiger partial charge in [-0.15, -0.1) is 10.2 Å². The summed E-state index contributed by atoms with van der Waals surface area (Å²) in [4.78, 5) is 10.3. The van der Waals surface area contributed by atoms with Crippen LogP contribution in [0.3, 0.4) is 0 Å². The average Bonchev–Trinajstić information content (AvgIpc) is 2.84. The fourth-order valence-electron chi connectivity index (χ4n) is 1.58. The van der Waals surface area contributed by atoms with Crippen LogP contribution in [0.4, 0.5) is 0 Å². The van der Waals surface area contributed by atoms with E-state index in [0.717, 1.165) is 12.5 Å². The molecule has 98 valence electrons. The van der Waals surface area contributed by atoms with Gasteiger partial charge in [-0.1, -0.05) is 29.8 Å². The summed E-state index contributed by atoms with van der Waals surface area (Å²) in [7, 11) is 0. The van der Waals surface area contributed by atoms with E-state index in [1.165, 1.54) is 17.2 Å². The van der Waals surface area contributed by atoms with Gasteiger partial charge in [0.1, 0.15) is 0 Å². The summed E-state index contributed by atoms with van der Waals surface area (Å²) in [5.74, 6) is -0.327. The molecule has 0 aliphatic carbocycles. The predicted octanol–water partition coefficient (Wildman–Crippen LogP) is 2.26. The molecule has 1 aromatic carbocycles. The van der Waals surface area contributed by atoms with E-state index in [1.807, 2.05) is 6.92 Å². The molecule has 1 aromatic heterocycles. The minimum atomic E-state index is -1.04. The molecule has 0 atom stereocenters. The highest BCUT2D eigenvalue weighted by atomic mass is 16.4. The van der Waals surface area contributed by atoms with Crippen molar-refractivity contribution >= 4 is 12.0 Å². The minimum absolute atomic E-state index is 0.210. The van der Waals surface area contributed by atoms with Crippen molar-refractivity contribution in [1.29, 1.82) is 0 Å². The summed E-state index contributed by atoms with van der Waals surface area (Å²) in [6, 6.07) is 8.25. The summed E-state index contributed by atoms with van der Waals surface area (Å²) in [5, 5.41) is 16.1. The van der Waals surface area contributed by atoms with Crippen molar-refractivity contribution in [3.05, 3.63) is 53.2 Å². The Morgan fingerprint density at radius 3 is 2.68 bits per heavy atom. The molecular weight excluding hydrogens is 244 g/mol. The van der Waals surface area contributed by atoms with Gasteiger partial charge in [-0.3, -0.25) is 0 Å². The van der Waals surface area contributed by atoms with E-state index in [9.17, 15) is 4.79 Å². The number of hydrogen-bond donors (Lipinski definition) is 1. The van der Waals surface area contributed by atoms with Crippen molar-refractivity contribution in [2.45, 2.75) is 19.8 Å². The molecule has 0 amide bonds. The number of aryl methyl sites for hydroxylation is 3. The first kappa shape index (κ1) is 13.0. The molecular formula is C14H14N2O3. The van der Waals surface area contributed by atoms with Crippen LogP contribution in [0, 0.1) is 6.92 Å². The van der Waals surface area contributed by atoms with Crippen molar-refractivity contribution < 1.29 is 14.3 Å². The number of nitrogens with zero attached hydrogens (tertiary/aromatic N) is 2. The maximum absolute atomic E-state index is 10.3. The summed E-state index contributed by atoms with van der Waals surface area (Å²) >= 11 is 0. The highest BCUT2D eigenvalue weighted by molar-refractivity contribution is 5.84. The molecule has 0 spiro atoms. The number of carboxylic acids is 1. The number of rotatable bonds is 5. The largest absolute Gasteiger partial charge is 0.478 e. The van der Waals surface area contributed by atoms with Gasteiger partial charge in [-0.25, -0.2) is 4.79 Å². The Labute approximate surface area is 110 Å². The molecule has 0 saturated carbocycles. The molecule has 5 nitrogen and oxygen atoms in total. The summed E-state index contributed by atoms with van der Waals surface area (Å²) in [5.41, 5.74) is 2.43. The van der Waals surface area contributed by atoms with E-state index in [1.54, 1.807) is 0 Å². The van der Waals surface area contributed by atoms with Gasteiger partial charge >= 0.3 is 5.97 Å². The van der Waals surface area contributed by atoms with E-state index >= 15 is 0 Å². The summed E-state index contributed by atoms with van der Waals surface area (Å²) in [6.07, 6.45) is 3.70. The number of aromatic nitrogens is 2. The van der Waals surface area contributed by atoms with Crippen LogP contribution in [-0.2, 0) is 17.6 Å². The summed E-state index contributed by atoms with van der Waals surface area (Å²) in [6.45, 7) is 2.04. The normalized spacial score (nSPS) is 11.0. The molecule has 0 aliphatic rings. The molecule has 1 heterocycles. The number of carboxylic acid groups (broad SMARTS) is 1. The molecule has 0 radical (unpaired) electrons. The van der Waals surface area contributed by atoms with Gasteiger partial charge < -0.3 is 9.52 Å². The van der Waals surface area contributed by atoms with Crippen LogP contribution in [0.25, 0.3) is 6.08 Å². The van der Waals surface area contributed by atoms with Crippen LogP contribution in [0.15, 0.2) is 34.8 Å². The van der Waals surface area contributed by atoms with Crippen molar-refractivity contribution in [2.24, 2.45) is 0 Å². The lowest BCUT2D eigenvalue weighted by Crippen LogP contribution is -1.91. The Bertz CT molecular complexity index is 585. The maximum Gasteiger partial charge on any atom is 0.328 e. The van der Waals surface area contributed by atoms with Gasteiger partial charge in [0.15, 0.2) is 0 Å². The van der Waals surface area contributed by atoms with E-state index < -0.39 is 5.97 Å². The maximum atomic E-state index is 10.3. The van der Waals surface area contributed by atoms with Crippen LogP contribution in [0.2, 0.25) is 0 Å². The van der Waals surface area contributed by atoms with Crippen LogP contribution < -0.4 is 0 Å². The Balaban J connectivity index is 1.93. The third-order valence-corrected chi connectivity index (χ3v) is 2.60. The van der Waals surface area contributed by atoms with Crippen molar-refractivity contribution in [2.75, 3.05) is 0 Å². The fourth-order valence-corrected chi connectivity index (χ4v) is 1.58. The second-order valence-corrected chi connectivity index (χ2v) is 4.19. The Morgan fingerprint density at radius 1 is 1.26 bits per heavy atom. The number of hydrogen-bond acceptors (Lipinski definition) is 4. The monoisotopic (exact) mass is 258 g/mol. The first-order chi connectivity index (χ1) is 9.13. The molecule has 2 rings (SSSR count). The van der Waals surface area contributed by atoms with E-state index in [4.69, 9.17) is 9.52 Å². The lowest BCUT2D eigenvalue weighted by molar-refractivity contribution is -0.131. The number of benzene rings is 1. The van der Waals surface area contributed by atoms with Gasteiger partial charge in [0.05, 0.1) is 0 Å². The molecule has 0 fully saturated rings. The summed E-state index contributed by atoms with van der Waals surface area (Å²) < 4.78 is 5.31. The van der Waals surface area contributed by atoms with Crippen molar-refractivity contribution in [3.8, 4) is 0 Å². The quantitative estimate of drug-likeness (QED) is 0.832. The molecule has 0 bridgehead atoms. The smallest absolute Gasteiger partial charge is 0.328 e. The molecule has 0 unspecified atom stereocenters. The average molecular weight is 258 g/mol. The Kier molecular flexibility index (Phi) is 4.07. The molecule has 19 heavy (non-hydrogen) atoms. The third-order valence-electron chi connectivity index (χ3n) is 2.60. The topological polar surface area (TPSA) is 76.2 Å². The standard InChI is InChI=1S/C14H14N2O3/c1-10-2-4-11(5-3-10)6-7-12-15-16-13(19-12)8-9-14(17)18/h2-5,8-9H,6-7H2,1H3,(H,17,18)/b9-8+. The zero-order valence-electron chi connectivity index (χ0n) is 10.5. The predicted molar refractivity (Wildman–Crippen MR) is 69.6 cm³/mol. The van der Waals surface area contributed by atoms with Gasteiger partial charge in [0, 0.05) is 18.6 Å². The van der Waals surface area contributed by atoms with Crippen LogP contribution >= 0.6 is 0 Å². The third kappa shape index (κ3) is 4.06. The fraction of sp³-hybridized carbons (Fsp3) is 0.214. The molecule has 2 aromatic rings. The Morgan fingerprint density at radius 2 is 2.00 bits per heavy atom. The minimum Gasteiger partial charge on any atom is -0.478 e. The van der Waals surface area contributed by atoms with Gasteiger partial charge in [-0.05, 0) is 18.9 Å². The van der Waals surface area contributed by atoms with Crippen molar-refractivity contribution in [3.63, 3.8) is 0 Å². The van der Waals surface area contributed by atoms with E-state index in [2.05, 4.69) is 34.5 Å². The molecule has 1 N–H and O–H groups in total. The second-order valence-electron chi connectivity index (χ2n) is 4.19. The first-order valence-corrected chi connectivity index (χ1v) is 5.92. The number of aliphatic carboxylic acids is 1. The van der Waals surface area contributed by atoms with E-state index in [0.29, 0.717) is 12.3 Å². The van der Waals surface area contributed by atoms with Gasteiger partial charge in [-0.2, -0.15) is 0 Å². The lowest BCUT2D eigenvalue weighted by Gasteiger charge is -1.98. The highest BCUT2D eigenvalue weighted by Crippen LogP contribution is 2.09. The Hall–Kier alpha value is -2.43. The first-order valence-electron chi connectivity index (χ1n) is 5.92. The van der Waals surface area contributed by atoms with Crippen LogP contribution in [0.1, 0.15) is 22.9 Å². The molecule has 5 heteroatoms. The van der Waals surface area contributed by atoms with Crippen LogP contribution in [-0.4, -0.2) is 21.3 Å². The highest BCUT2D eigenvalue weighted by Gasteiger charge is 2.04. The second kappa shape index (κ2) is 5.95. The molecule has 0 saturated heterocycles. The zero-order chi connectivity index (χ0) is 13.7. The van der Waals surface area contributed by atoms with E-state index in [-0.39, 0.29) is 5.89 Å². The lowest BCUT2D eigenvalue weighted by atomic mass is 10.1. The van der Waals surface area contributed by atoms with Crippen LogP contribution in [0.5, 0.6) is 0 Å². The number of carbonyl (C=O) groups is 1. The van der Waals surface area contributed by atoms with Gasteiger partial charge in [0.2, 0.25) is 11.8 Å².